The number of hydrogen-bond donors (Lipinski definition) is 2. The summed E-state index contributed by atoms with van der Waals surface area (Å²) in [6, 6.07) is 0. The van der Waals surface area contributed by atoms with Crippen molar-refractivity contribution in [1.29, 1.82) is 0 Å². The fraction of sp³-hybridized carbons (Fsp3) is 0.778. The van der Waals surface area contributed by atoms with Crippen molar-refractivity contribution in [3.05, 3.63) is 0 Å². The zero-order valence-corrected chi connectivity index (χ0v) is 9.20. The highest BCUT2D eigenvalue weighted by molar-refractivity contribution is 8.00. The number of thioether (sulfide) groups is 1. The summed E-state index contributed by atoms with van der Waals surface area (Å²) in [4.78, 5) is 23.3. The van der Waals surface area contributed by atoms with Crippen LogP contribution in [0.5, 0.6) is 0 Å². The Labute approximate surface area is 92.4 Å². The maximum atomic E-state index is 11.5. The monoisotopic (exact) mass is 233 g/mol. The van der Waals surface area contributed by atoms with Crippen molar-refractivity contribution in [1.82, 2.24) is 4.90 Å². The van der Waals surface area contributed by atoms with E-state index in [2.05, 4.69) is 0 Å². The minimum atomic E-state index is -0.911. The molecule has 1 saturated heterocycles. The lowest BCUT2D eigenvalue weighted by molar-refractivity contribution is -0.133. The smallest absolute Gasteiger partial charge is 0.313 e. The first-order valence-corrected chi connectivity index (χ1v) is 6.00. The maximum Gasteiger partial charge on any atom is 0.313 e. The van der Waals surface area contributed by atoms with Gasteiger partial charge in [0, 0.05) is 13.1 Å². The second-order valence-electron chi connectivity index (χ2n) is 3.52. The lowest BCUT2D eigenvalue weighted by Gasteiger charge is -2.29. The maximum absolute atomic E-state index is 11.5. The zero-order valence-electron chi connectivity index (χ0n) is 8.39. The molecule has 1 aliphatic rings. The van der Waals surface area contributed by atoms with Gasteiger partial charge < -0.3 is 15.1 Å². The van der Waals surface area contributed by atoms with Crippen LogP contribution in [0.1, 0.15) is 12.8 Å². The van der Waals surface area contributed by atoms with Crippen molar-refractivity contribution in [2.45, 2.75) is 18.9 Å². The Balaban J connectivity index is 2.24. The van der Waals surface area contributed by atoms with Crippen LogP contribution in [0, 0.1) is 0 Å². The number of aliphatic carboxylic acids is 1. The van der Waals surface area contributed by atoms with E-state index in [1.807, 2.05) is 0 Å². The number of likely N-dealkylation sites (tertiary alicyclic amines) is 1. The van der Waals surface area contributed by atoms with E-state index in [0.717, 1.165) is 24.6 Å². The normalized spacial score (nSPS) is 21.4. The Hall–Kier alpha value is -0.750. The molecular formula is C9H15NO4S. The molecule has 0 aromatic carbocycles. The van der Waals surface area contributed by atoms with Gasteiger partial charge in [-0.25, -0.2) is 0 Å². The third kappa shape index (κ3) is 4.53. The zero-order chi connectivity index (χ0) is 11.3. The van der Waals surface area contributed by atoms with Crippen LogP contribution in [0.2, 0.25) is 0 Å². The third-order valence-electron chi connectivity index (χ3n) is 2.20. The van der Waals surface area contributed by atoms with Crippen LogP contribution in [0.25, 0.3) is 0 Å². The number of carboxylic acid groups (broad SMARTS) is 1. The van der Waals surface area contributed by atoms with Gasteiger partial charge in [0.15, 0.2) is 0 Å². The predicted molar refractivity (Wildman–Crippen MR) is 56.8 cm³/mol. The van der Waals surface area contributed by atoms with E-state index in [1.165, 1.54) is 0 Å². The highest BCUT2D eigenvalue weighted by Crippen LogP contribution is 2.11. The average Bonchev–Trinajstić information content (AvgIpc) is 2.17. The van der Waals surface area contributed by atoms with Gasteiger partial charge in [0.05, 0.1) is 17.6 Å². The van der Waals surface area contributed by atoms with E-state index in [0.29, 0.717) is 13.1 Å². The van der Waals surface area contributed by atoms with Gasteiger partial charge in [0.25, 0.3) is 0 Å². The molecule has 1 atom stereocenters. The molecule has 0 aliphatic carbocycles. The molecule has 5 nitrogen and oxygen atoms in total. The number of amides is 1. The summed E-state index contributed by atoms with van der Waals surface area (Å²) in [6.07, 6.45) is 1.13. The van der Waals surface area contributed by atoms with Crippen LogP contribution in [0.15, 0.2) is 0 Å². The highest BCUT2D eigenvalue weighted by Gasteiger charge is 2.21. The van der Waals surface area contributed by atoms with Crippen LogP contribution in [-0.4, -0.2) is 57.7 Å². The summed E-state index contributed by atoms with van der Waals surface area (Å²) in [5.74, 6) is -0.868. The number of rotatable bonds is 4. The number of aliphatic hydroxyl groups excluding tert-OH is 1. The van der Waals surface area contributed by atoms with Gasteiger partial charge in [-0.3, -0.25) is 9.59 Å². The molecule has 0 unspecified atom stereocenters. The van der Waals surface area contributed by atoms with E-state index < -0.39 is 12.1 Å². The molecule has 6 heteroatoms. The van der Waals surface area contributed by atoms with Crippen molar-refractivity contribution in [2.75, 3.05) is 24.6 Å². The van der Waals surface area contributed by atoms with Crippen molar-refractivity contribution in [3.8, 4) is 0 Å². The van der Waals surface area contributed by atoms with E-state index in [-0.39, 0.29) is 17.4 Å². The Morgan fingerprint density at radius 2 is 2.13 bits per heavy atom. The van der Waals surface area contributed by atoms with Crippen LogP contribution in [0.3, 0.4) is 0 Å². The first-order valence-electron chi connectivity index (χ1n) is 4.85. The average molecular weight is 233 g/mol. The minimum absolute atomic E-state index is 0.0534. The summed E-state index contributed by atoms with van der Waals surface area (Å²) >= 11 is 1.09. The SMILES string of the molecule is O=C(O)CSCC(=O)N1CCC[C@H](O)C1. The lowest BCUT2D eigenvalue weighted by Crippen LogP contribution is -2.43. The first kappa shape index (κ1) is 12.3. The molecule has 0 aromatic rings. The van der Waals surface area contributed by atoms with Crippen molar-refractivity contribution < 1.29 is 19.8 Å². The Morgan fingerprint density at radius 1 is 1.40 bits per heavy atom. The molecule has 1 rings (SSSR count). The number of hydrogen-bond acceptors (Lipinski definition) is 4. The summed E-state index contributed by atoms with van der Waals surface area (Å²) in [7, 11) is 0. The molecule has 1 amide bonds. The Kier molecular flexibility index (Phi) is 4.90. The van der Waals surface area contributed by atoms with Gasteiger partial charge in [-0.05, 0) is 12.8 Å². The predicted octanol–water partition coefficient (Wildman–Crippen LogP) is -0.213. The van der Waals surface area contributed by atoms with E-state index in [4.69, 9.17) is 5.11 Å². The second kappa shape index (κ2) is 5.97. The number of β-amino-alcohol motifs (C(OH)–C–C–N with tert-alkyl or cyclic N) is 1. The molecule has 0 radical (unpaired) electrons. The van der Waals surface area contributed by atoms with Crippen LogP contribution < -0.4 is 0 Å². The molecule has 1 heterocycles. The van der Waals surface area contributed by atoms with Gasteiger partial charge in [0.1, 0.15) is 0 Å². The highest BCUT2D eigenvalue weighted by atomic mass is 32.2. The largest absolute Gasteiger partial charge is 0.481 e. The van der Waals surface area contributed by atoms with Gasteiger partial charge >= 0.3 is 5.97 Å². The summed E-state index contributed by atoms with van der Waals surface area (Å²) < 4.78 is 0. The molecule has 2 N–H and O–H groups in total. The van der Waals surface area contributed by atoms with E-state index in [1.54, 1.807) is 4.90 Å². The van der Waals surface area contributed by atoms with Crippen LogP contribution in [-0.2, 0) is 9.59 Å². The molecule has 86 valence electrons. The van der Waals surface area contributed by atoms with Gasteiger partial charge in [-0.15, -0.1) is 11.8 Å². The Morgan fingerprint density at radius 3 is 2.73 bits per heavy atom. The number of carbonyl (C=O) groups excluding carboxylic acids is 1. The molecule has 15 heavy (non-hydrogen) atoms. The van der Waals surface area contributed by atoms with Gasteiger partial charge in [0.2, 0.25) is 5.91 Å². The minimum Gasteiger partial charge on any atom is -0.481 e. The molecule has 0 saturated carbocycles. The van der Waals surface area contributed by atoms with Crippen molar-refractivity contribution in [2.24, 2.45) is 0 Å². The number of piperidine rings is 1. The number of nitrogens with zero attached hydrogens (tertiary/aromatic N) is 1. The van der Waals surface area contributed by atoms with Gasteiger partial charge in [-0.2, -0.15) is 0 Å². The van der Waals surface area contributed by atoms with E-state index >= 15 is 0 Å². The van der Waals surface area contributed by atoms with Crippen LogP contribution >= 0.6 is 11.8 Å². The Bertz CT molecular complexity index is 246. The standard InChI is InChI=1S/C9H15NO4S/c11-7-2-1-3-10(4-7)8(12)5-15-6-9(13)14/h7,11H,1-6H2,(H,13,14)/t7-/m0/s1. The number of carboxylic acids is 1. The summed E-state index contributed by atoms with van der Waals surface area (Å²) in [5.41, 5.74) is 0. The molecular weight excluding hydrogens is 218 g/mol. The fourth-order valence-electron chi connectivity index (χ4n) is 1.50. The van der Waals surface area contributed by atoms with Crippen molar-refractivity contribution >= 4 is 23.6 Å². The molecule has 0 aromatic heterocycles. The molecule has 0 bridgehead atoms. The topological polar surface area (TPSA) is 77.8 Å². The molecule has 0 spiro atoms. The quantitative estimate of drug-likeness (QED) is 0.702. The summed E-state index contributed by atoms with van der Waals surface area (Å²) in [6.45, 7) is 1.05. The molecule has 1 fully saturated rings. The number of aliphatic hydroxyl groups is 1. The fourth-order valence-corrected chi connectivity index (χ4v) is 2.13. The second-order valence-corrected chi connectivity index (χ2v) is 4.51. The van der Waals surface area contributed by atoms with E-state index in [9.17, 15) is 14.7 Å². The third-order valence-corrected chi connectivity index (χ3v) is 3.10. The van der Waals surface area contributed by atoms with Crippen molar-refractivity contribution in [3.63, 3.8) is 0 Å². The lowest BCUT2D eigenvalue weighted by atomic mass is 10.1. The number of carbonyl (C=O) groups is 2. The van der Waals surface area contributed by atoms with Gasteiger partial charge in [-0.1, -0.05) is 0 Å². The molecule has 1 aliphatic heterocycles. The first-order chi connectivity index (χ1) is 7.09. The summed E-state index contributed by atoms with van der Waals surface area (Å²) in [5, 5.41) is 17.7. The van der Waals surface area contributed by atoms with Crippen LogP contribution in [0.4, 0.5) is 0 Å².